The summed E-state index contributed by atoms with van der Waals surface area (Å²) in [6.07, 6.45) is 0.506. The van der Waals surface area contributed by atoms with E-state index in [0.717, 1.165) is 6.07 Å². The van der Waals surface area contributed by atoms with E-state index in [0.29, 0.717) is 12.0 Å². The highest BCUT2D eigenvalue weighted by atomic mass is 19.3. The Morgan fingerprint density at radius 3 is 2.50 bits per heavy atom. The lowest BCUT2D eigenvalue weighted by molar-refractivity contribution is -0.0525. The van der Waals surface area contributed by atoms with Gasteiger partial charge in [-0.3, -0.25) is 4.79 Å². The molecule has 0 saturated heterocycles. The quantitative estimate of drug-likeness (QED) is 0.745. The number of carbonyl (C=O) groups excluding carboxylic acids is 1. The first kappa shape index (κ1) is 12.5. The number of aryl methyl sites for hydroxylation is 1. The van der Waals surface area contributed by atoms with Gasteiger partial charge in [0, 0.05) is 0 Å². The zero-order valence-electron chi connectivity index (χ0n) is 8.89. The van der Waals surface area contributed by atoms with Gasteiger partial charge >= 0.3 is 6.61 Å². The van der Waals surface area contributed by atoms with Crippen LogP contribution in [0, 0.1) is 5.82 Å². The summed E-state index contributed by atoms with van der Waals surface area (Å²) in [5.74, 6) is -2.13. The van der Waals surface area contributed by atoms with E-state index in [1.807, 2.05) is 0 Å². The number of hydrogen-bond donors (Lipinski definition) is 0. The second kappa shape index (κ2) is 5.01. The molecule has 0 atom stereocenters. The summed E-state index contributed by atoms with van der Waals surface area (Å²) in [5.41, 5.74) is 0.404. The van der Waals surface area contributed by atoms with E-state index >= 15 is 0 Å². The summed E-state index contributed by atoms with van der Waals surface area (Å²) < 4.78 is 41.5. The van der Waals surface area contributed by atoms with Crippen LogP contribution in [0.25, 0.3) is 0 Å². The van der Waals surface area contributed by atoms with E-state index in [9.17, 15) is 18.0 Å². The predicted molar refractivity (Wildman–Crippen MR) is 52.4 cm³/mol. The first-order valence-electron chi connectivity index (χ1n) is 4.73. The van der Waals surface area contributed by atoms with Gasteiger partial charge in [0.1, 0.15) is 0 Å². The molecule has 16 heavy (non-hydrogen) atoms. The van der Waals surface area contributed by atoms with Gasteiger partial charge < -0.3 is 4.74 Å². The molecule has 0 heterocycles. The van der Waals surface area contributed by atoms with Crippen molar-refractivity contribution in [3.05, 3.63) is 29.1 Å². The Hall–Kier alpha value is -1.52. The van der Waals surface area contributed by atoms with Crippen LogP contribution in [-0.2, 0) is 6.42 Å². The molecular formula is C11H11F3O2. The van der Waals surface area contributed by atoms with Crippen molar-refractivity contribution >= 4 is 5.78 Å². The number of Topliss-reactive ketones (excluding diaryl/α,β-unsaturated/α-hetero) is 1. The average molecular weight is 232 g/mol. The first-order valence-corrected chi connectivity index (χ1v) is 4.73. The summed E-state index contributed by atoms with van der Waals surface area (Å²) in [6, 6.07) is 2.45. The standard InChI is InChI=1S/C11H11F3O2/c1-3-7-4-8(6(2)15)10(9(12)5-7)16-11(13)14/h4-5,11H,3H2,1-2H3. The fraction of sp³-hybridized carbons (Fsp3) is 0.364. The monoisotopic (exact) mass is 232 g/mol. The first-order chi connectivity index (χ1) is 7.45. The molecule has 0 spiro atoms. The normalized spacial score (nSPS) is 10.6. The largest absolute Gasteiger partial charge is 0.431 e. The number of ketones is 1. The highest BCUT2D eigenvalue weighted by molar-refractivity contribution is 5.97. The maximum atomic E-state index is 13.4. The van der Waals surface area contributed by atoms with Gasteiger partial charge in [-0.2, -0.15) is 8.78 Å². The second-order valence-corrected chi connectivity index (χ2v) is 3.24. The number of ether oxygens (including phenoxy) is 1. The molecule has 1 rings (SSSR count). The van der Waals surface area contributed by atoms with Crippen LogP contribution in [0.2, 0.25) is 0 Å². The van der Waals surface area contributed by atoms with Crippen LogP contribution in [0.3, 0.4) is 0 Å². The van der Waals surface area contributed by atoms with E-state index in [4.69, 9.17) is 0 Å². The topological polar surface area (TPSA) is 26.3 Å². The van der Waals surface area contributed by atoms with Crippen LogP contribution >= 0.6 is 0 Å². The van der Waals surface area contributed by atoms with E-state index in [2.05, 4.69) is 4.74 Å². The molecule has 0 unspecified atom stereocenters. The zero-order chi connectivity index (χ0) is 12.3. The number of rotatable bonds is 4. The van der Waals surface area contributed by atoms with Crippen LogP contribution in [0.4, 0.5) is 13.2 Å². The summed E-state index contributed by atoms with van der Waals surface area (Å²) in [6.45, 7) is -0.209. The minimum Gasteiger partial charge on any atom is -0.431 e. The fourth-order valence-electron chi connectivity index (χ4n) is 1.32. The minimum atomic E-state index is -3.15. The molecule has 0 N–H and O–H groups in total. The third kappa shape index (κ3) is 2.74. The van der Waals surface area contributed by atoms with Crippen LogP contribution in [0.1, 0.15) is 29.8 Å². The van der Waals surface area contributed by atoms with E-state index in [1.54, 1.807) is 6.92 Å². The Morgan fingerprint density at radius 2 is 2.06 bits per heavy atom. The highest BCUT2D eigenvalue weighted by Crippen LogP contribution is 2.27. The number of alkyl halides is 2. The smallest absolute Gasteiger partial charge is 0.387 e. The number of halogens is 3. The highest BCUT2D eigenvalue weighted by Gasteiger charge is 2.18. The Morgan fingerprint density at radius 1 is 1.44 bits per heavy atom. The van der Waals surface area contributed by atoms with Gasteiger partial charge in [0.05, 0.1) is 5.56 Å². The predicted octanol–water partition coefficient (Wildman–Crippen LogP) is 3.19. The SMILES string of the molecule is CCc1cc(F)c(OC(F)F)c(C(C)=O)c1. The Balaban J connectivity index is 3.28. The second-order valence-electron chi connectivity index (χ2n) is 3.24. The summed E-state index contributed by atoms with van der Waals surface area (Å²) in [4.78, 5) is 11.2. The zero-order valence-corrected chi connectivity index (χ0v) is 8.89. The molecule has 2 nitrogen and oxygen atoms in total. The van der Waals surface area contributed by atoms with Crippen molar-refractivity contribution in [1.82, 2.24) is 0 Å². The molecule has 0 bridgehead atoms. The lowest BCUT2D eigenvalue weighted by Gasteiger charge is -2.11. The van der Waals surface area contributed by atoms with Crippen LogP contribution in [-0.4, -0.2) is 12.4 Å². The molecule has 1 aromatic carbocycles. The average Bonchev–Trinajstić information content (AvgIpc) is 2.19. The molecule has 0 aliphatic heterocycles. The molecule has 0 amide bonds. The molecule has 0 radical (unpaired) electrons. The molecule has 0 fully saturated rings. The van der Waals surface area contributed by atoms with Gasteiger partial charge in [0.2, 0.25) is 0 Å². The van der Waals surface area contributed by atoms with Crippen LogP contribution < -0.4 is 4.74 Å². The van der Waals surface area contributed by atoms with E-state index in [-0.39, 0.29) is 5.56 Å². The Labute approximate surface area is 91.0 Å². The molecule has 5 heteroatoms. The van der Waals surface area contributed by atoms with Gasteiger partial charge in [-0.1, -0.05) is 6.92 Å². The molecule has 0 aliphatic rings. The van der Waals surface area contributed by atoms with Crippen molar-refractivity contribution in [3.63, 3.8) is 0 Å². The lowest BCUT2D eigenvalue weighted by atomic mass is 10.0. The minimum absolute atomic E-state index is 0.155. The maximum Gasteiger partial charge on any atom is 0.387 e. The fourth-order valence-corrected chi connectivity index (χ4v) is 1.32. The molecule has 0 saturated carbocycles. The van der Waals surface area contributed by atoms with Gasteiger partial charge in [0.25, 0.3) is 0 Å². The summed E-state index contributed by atoms with van der Waals surface area (Å²) in [5, 5.41) is 0. The van der Waals surface area contributed by atoms with Crippen molar-refractivity contribution in [2.75, 3.05) is 0 Å². The lowest BCUT2D eigenvalue weighted by Crippen LogP contribution is -2.09. The van der Waals surface area contributed by atoms with Crippen molar-refractivity contribution in [2.24, 2.45) is 0 Å². The van der Waals surface area contributed by atoms with Gasteiger partial charge in [-0.15, -0.1) is 0 Å². The molecule has 0 aromatic heterocycles. The molecule has 1 aromatic rings. The van der Waals surface area contributed by atoms with E-state index in [1.165, 1.54) is 13.0 Å². The van der Waals surface area contributed by atoms with Gasteiger partial charge in [0.15, 0.2) is 17.3 Å². The summed E-state index contributed by atoms with van der Waals surface area (Å²) in [7, 11) is 0. The van der Waals surface area contributed by atoms with Gasteiger partial charge in [-0.25, -0.2) is 4.39 Å². The third-order valence-electron chi connectivity index (χ3n) is 2.10. The molecular weight excluding hydrogens is 221 g/mol. The summed E-state index contributed by atoms with van der Waals surface area (Å²) >= 11 is 0. The van der Waals surface area contributed by atoms with Crippen LogP contribution in [0.15, 0.2) is 12.1 Å². The Kier molecular flexibility index (Phi) is 3.93. The molecule has 88 valence electrons. The molecule has 0 aliphatic carbocycles. The number of hydrogen-bond acceptors (Lipinski definition) is 2. The van der Waals surface area contributed by atoms with Crippen molar-refractivity contribution in [3.8, 4) is 5.75 Å². The van der Waals surface area contributed by atoms with Crippen LogP contribution in [0.5, 0.6) is 5.75 Å². The number of benzene rings is 1. The number of carbonyl (C=O) groups is 1. The van der Waals surface area contributed by atoms with Crippen molar-refractivity contribution in [1.29, 1.82) is 0 Å². The van der Waals surface area contributed by atoms with Gasteiger partial charge in [-0.05, 0) is 31.0 Å². The van der Waals surface area contributed by atoms with Crippen molar-refractivity contribution < 1.29 is 22.7 Å². The van der Waals surface area contributed by atoms with Crippen molar-refractivity contribution in [2.45, 2.75) is 26.9 Å². The maximum absolute atomic E-state index is 13.4. The Bertz CT molecular complexity index is 402. The third-order valence-corrected chi connectivity index (χ3v) is 2.10. The van der Waals surface area contributed by atoms with E-state index < -0.39 is 24.0 Å².